The average Bonchev–Trinajstić information content (AvgIpc) is 2.90. The molecule has 7 heteroatoms. The number of para-hydroxylation sites is 1. The first-order valence-corrected chi connectivity index (χ1v) is 7.15. The number of nitrogens with zero attached hydrogens (tertiary/aromatic N) is 1. The van der Waals surface area contributed by atoms with E-state index in [-0.39, 0.29) is 11.3 Å². The summed E-state index contributed by atoms with van der Waals surface area (Å²) < 4.78 is 23.6. The Balaban J connectivity index is 2.05. The number of hydrogen-bond donors (Lipinski definition) is 1. The van der Waals surface area contributed by atoms with Crippen LogP contribution in [0.3, 0.4) is 0 Å². The van der Waals surface area contributed by atoms with Crippen LogP contribution >= 0.6 is 0 Å². The predicted molar refractivity (Wildman–Crippen MR) is 80.5 cm³/mol. The number of esters is 1. The van der Waals surface area contributed by atoms with Crippen LogP contribution in [-0.4, -0.2) is 23.1 Å². The second-order valence-electron chi connectivity index (χ2n) is 4.93. The number of aryl methyl sites for hydroxylation is 2. The molecule has 0 unspecified atom stereocenters. The molecule has 0 aliphatic rings. The maximum atomic E-state index is 13.5. The molecule has 1 aromatic heterocycles. The molecule has 0 radical (unpaired) electrons. The number of anilines is 1. The second kappa shape index (κ2) is 7.04. The molecule has 0 saturated carbocycles. The molecule has 1 aromatic carbocycles. The van der Waals surface area contributed by atoms with Gasteiger partial charge in [-0.15, -0.1) is 0 Å². The number of ether oxygens (including phenoxy) is 1. The van der Waals surface area contributed by atoms with Gasteiger partial charge in [-0.05, 0) is 32.4 Å². The summed E-state index contributed by atoms with van der Waals surface area (Å²) in [5, 5.41) is 6.13. The first kappa shape index (κ1) is 16.7. The summed E-state index contributed by atoms with van der Waals surface area (Å²) in [6.07, 6.45) is -0.599. The van der Waals surface area contributed by atoms with Crippen molar-refractivity contribution >= 4 is 17.6 Å². The van der Waals surface area contributed by atoms with Crippen LogP contribution in [0.25, 0.3) is 0 Å². The van der Waals surface area contributed by atoms with E-state index in [0.717, 1.165) is 0 Å². The molecular weight excluding hydrogens is 303 g/mol. The zero-order valence-electron chi connectivity index (χ0n) is 13.1. The molecule has 0 saturated heterocycles. The lowest BCUT2D eigenvalue weighted by atomic mass is 10.1. The molecule has 6 nitrogen and oxygen atoms in total. The summed E-state index contributed by atoms with van der Waals surface area (Å²) in [5.74, 6) is -1.57. The first-order valence-electron chi connectivity index (χ1n) is 7.15. The van der Waals surface area contributed by atoms with Crippen molar-refractivity contribution in [1.82, 2.24) is 5.16 Å². The molecule has 1 amide bonds. The Morgan fingerprint density at radius 3 is 2.74 bits per heavy atom. The minimum Gasteiger partial charge on any atom is -0.449 e. The number of aromatic nitrogens is 1. The van der Waals surface area contributed by atoms with E-state index >= 15 is 0 Å². The Labute approximate surface area is 132 Å². The van der Waals surface area contributed by atoms with E-state index in [2.05, 4.69) is 10.5 Å². The summed E-state index contributed by atoms with van der Waals surface area (Å²) in [5.41, 5.74) is 0.711. The Morgan fingerprint density at radius 1 is 1.39 bits per heavy atom. The van der Waals surface area contributed by atoms with Gasteiger partial charge in [0.1, 0.15) is 17.1 Å². The monoisotopic (exact) mass is 320 g/mol. The highest BCUT2D eigenvalue weighted by molar-refractivity contribution is 5.98. The van der Waals surface area contributed by atoms with Crippen LogP contribution in [0.1, 0.15) is 35.7 Å². The normalized spacial score (nSPS) is 11.8. The van der Waals surface area contributed by atoms with Crippen molar-refractivity contribution in [1.29, 1.82) is 0 Å². The summed E-state index contributed by atoms with van der Waals surface area (Å²) in [6.45, 7) is 4.82. The van der Waals surface area contributed by atoms with E-state index in [1.807, 2.05) is 6.92 Å². The Hall–Kier alpha value is -2.70. The number of hydrogen-bond acceptors (Lipinski definition) is 5. The number of carbonyl (C=O) groups is 2. The van der Waals surface area contributed by atoms with Crippen molar-refractivity contribution in [2.45, 2.75) is 33.3 Å². The van der Waals surface area contributed by atoms with Crippen molar-refractivity contribution in [3.63, 3.8) is 0 Å². The van der Waals surface area contributed by atoms with E-state index in [4.69, 9.17) is 9.26 Å². The van der Waals surface area contributed by atoms with Gasteiger partial charge in [-0.1, -0.05) is 24.2 Å². The Morgan fingerprint density at radius 2 is 2.09 bits per heavy atom. The van der Waals surface area contributed by atoms with Crippen LogP contribution in [0.2, 0.25) is 0 Å². The van der Waals surface area contributed by atoms with Gasteiger partial charge in [0.2, 0.25) is 0 Å². The molecule has 0 bridgehead atoms. The fraction of sp³-hybridized carbons (Fsp3) is 0.312. The van der Waals surface area contributed by atoms with Gasteiger partial charge < -0.3 is 14.6 Å². The number of rotatable bonds is 5. The lowest BCUT2D eigenvalue weighted by Gasteiger charge is -2.13. The quantitative estimate of drug-likeness (QED) is 0.857. The number of benzene rings is 1. The summed E-state index contributed by atoms with van der Waals surface area (Å²) in [7, 11) is 0. The molecule has 2 aromatic rings. The minimum atomic E-state index is -1.10. The van der Waals surface area contributed by atoms with Gasteiger partial charge in [0.05, 0.1) is 11.4 Å². The second-order valence-corrected chi connectivity index (χ2v) is 4.93. The fourth-order valence-corrected chi connectivity index (χ4v) is 1.99. The van der Waals surface area contributed by atoms with Gasteiger partial charge in [-0.2, -0.15) is 0 Å². The minimum absolute atomic E-state index is 0.0239. The fourth-order valence-electron chi connectivity index (χ4n) is 1.99. The predicted octanol–water partition coefficient (Wildman–Crippen LogP) is 2.87. The number of amides is 1. The van der Waals surface area contributed by atoms with Crippen LogP contribution in [-0.2, 0) is 16.0 Å². The van der Waals surface area contributed by atoms with E-state index in [9.17, 15) is 14.0 Å². The molecule has 1 atom stereocenters. The third-order valence-electron chi connectivity index (χ3n) is 3.26. The van der Waals surface area contributed by atoms with E-state index < -0.39 is 23.8 Å². The van der Waals surface area contributed by atoms with Gasteiger partial charge in [-0.3, -0.25) is 4.79 Å². The smallest absolute Gasteiger partial charge is 0.344 e. The van der Waals surface area contributed by atoms with Crippen molar-refractivity contribution in [2.24, 2.45) is 0 Å². The van der Waals surface area contributed by atoms with Gasteiger partial charge in [-0.25, -0.2) is 9.18 Å². The third-order valence-corrected chi connectivity index (χ3v) is 3.26. The van der Waals surface area contributed by atoms with Crippen molar-refractivity contribution in [2.75, 3.05) is 5.32 Å². The molecule has 23 heavy (non-hydrogen) atoms. The van der Waals surface area contributed by atoms with E-state index in [0.29, 0.717) is 17.9 Å². The first-order chi connectivity index (χ1) is 10.9. The Bertz CT molecular complexity index is 727. The summed E-state index contributed by atoms with van der Waals surface area (Å²) in [4.78, 5) is 24.2. The summed E-state index contributed by atoms with van der Waals surface area (Å²) >= 11 is 0. The van der Waals surface area contributed by atoms with Gasteiger partial charge in [0, 0.05) is 0 Å². The SMILES string of the molecule is CCc1noc(C)c1C(=O)O[C@H](C)C(=O)Nc1ccccc1F. The standard InChI is InChI=1S/C16H17FN2O4/c1-4-12-14(9(2)23-19-12)16(21)22-10(3)15(20)18-13-8-6-5-7-11(13)17/h5-8,10H,4H2,1-3H3,(H,18,20)/t10-/m1/s1. The number of halogens is 1. The van der Waals surface area contributed by atoms with Gasteiger partial charge in [0.15, 0.2) is 6.10 Å². The molecular formula is C16H17FN2O4. The lowest BCUT2D eigenvalue weighted by Crippen LogP contribution is -2.30. The number of carbonyl (C=O) groups excluding carboxylic acids is 2. The van der Waals surface area contributed by atoms with Crippen LogP contribution in [0.5, 0.6) is 0 Å². The molecule has 1 heterocycles. The average molecular weight is 320 g/mol. The molecule has 0 spiro atoms. The zero-order valence-corrected chi connectivity index (χ0v) is 13.1. The van der Waals surface area contributed by atoms with Gasteiger partial charge >= 0.3 is 5.97 Å². The number of nitrogens with one attached hydrogen (secondary N) is 1. The zero-order chi connectivity index (χ0) is 17.0. The molecule has 122 valence electrons. The van der Waals surface area contributed by atoms with Crippen LogP contribution in [0, 0.1) is 12.7 Å². The highest BCUT2D eigenvalue weighted by Crippen LogP contribution is 2.17. The van der Waals surface area contributed by atoms with Crippen molar-refractivity contribution < 1.29 is 23.2 Å². The van der Waals surface area contributed by atoms with E-state index in [1.54, 1.807) is 13.0 Å². The molecule has 2 rings (SSSR count). The molecule has 0 aliphatic carbocycles. The van der Waals surface area contributed by atoms with Gasteiger partial charge in [0.25, 0.3) is 5.91 Å². The Kier molecular flexibility index (Phi) is 5.10. The molecule has 0 fully saturated rings. The summed E-state index contributed by atoms with van der Waals surface area (Å²) in [6, 6.07) is 5.74. The van der Waals surface area contributed by atoms with Crippen LogP contribution in [0.4, 0.5) is 10.1 Å². The third kappa shape index (κ3) is 3.74. The maximum Gasteiger partial charge on any atom is 0.344 e. The molecule has 1 N–H and O–H groups in total. The highest BCUT2D eigenvalue weighted by Gasteiger charge is 2.25. The lowest BCUT2D eigenvalue weighted by molar-refractivity contribution is -0.123. The van der Waals surface area contributed by atoms with E-state index in [1.165, 1.54) is 25.1 Å². The van der Waals surface area contributed by atoms with Crippen molar-refractivity contribution in [3.8, 4) is 0 Å². The van der Waals surface area contributed by atoms with Crippen LogP contribution < -0.4 is 5.32 Å². The van der Waals surface area contributed by atoms with Crippen molar-refractivity contribution in [3.05, 3.63) is 47.1 Å². The van der Waals surface area contributed by atoms with Crippen LogP contribution in [0.15, 0.2) is 28.8 Å². The highest BCUT2D eigenvalue weighted by atomic mass is 19.1. The topological polar surface area (TPSA) is 81.4 Å². The maximum absolute atomic E-state index is 13.5. The largest absolute Gasteiger partial charge is 0.449 e. The molecule has 0 aliphatic heterocycles.